The second-order valence-corrected chi connectivity index (χ2v) is 7.30. The number of benzene rings is 1. The zero-order chi connectivity index (χ0) is 17.5. The minimum absolute atomic E-state index is 0.0662. The van der Waals surface area contributed by atoms with E-state index in [2.05, 4.69) is 30.4 Å². The van der Waals surface area contributed by atoms with Gasteiger partial charge in [0.25, 0.3) is 0 Å². The lowest BCUT2D eigenvalue weighted by atomic mass is 10.1. The quantitative estimate of drug-likeness (QED) is 0.727. The molecule has 1 atom stereocenters. The second kappa shape index (κ2) is 8.78. The van der Waals surface area contributed by atoms with Crippen LogP contribution < -0.4 is 10.1 Å². The van der Waals surface area contributed by atoms with Crippen LogP contribution in [0.3, 0.4) is 0 Å². The molecule has 1 amide bonds. The molecule has 0 radical (unpaired) electrons. The number of rotatable bonds is 8. The molecular formula is C18H24N2O3S. The van der Waals surface area contributed by atoms with E-state index in [0.717, 1.165) is 17.9 Å². The summed E-state index contributed by atoms with van der Waals surface area (Å²) in [4.78, 5) is 12.0. The highest BCUT2D eigenvalue weighted by atomic mass is 32.2. The molecule has 1 aromatic heterocycles. The van der Waals surface area contributed by atoms with Crippen LogP contribution in [-0.4, -0.2) is 28.7 Å². The van der Waals surface area contributed by atoms with Crippen LogP contribution in [0.4, 0.5) is 5.82 Å². The largest absolute Gasteiger partial charge is 0.494 e. The van der Waals surface area contributed by atoms with Crippen molar-refractivity contribution < 1.29 is 14.1 Å². The van der Waals surface area contributed by atoms with E-state index >= 15 is 0 Å². The molecule has 0 aliphatic rings. The molecule has 1 unspecified atom stereocenters. The first kappa shape index (κ1) is 18.4. The average molecular weight is 348 g/mol. The summed E-state index contributed by atoms with van der Waals surface area (Å²) in [7, 11) is 0. The first-order valence-electron chi connectivity index (χ1n) is 8.01. The first-order valence-corrected chi connectivity index (χ1v) is 9.06. The molecule has 0 saturated carbocycles. The van der Waals surface area contributed by atoms with Gasteiger partial charge in [0.1, 0.15) is 11.5 Å². The summed E-state index contributed by atoms with van der Waals surface area (Å²) in [6.07, 6.45) is 0.887. The number of hydrogen-bond acceptors (Lipinski definition) is 5. The molecule has 0 spiro atoms. The van der Waals surface area contributed by atoms with Crippen LogP contribution in [0.2, 0.25) is 0 Å². The summed E-state index contributed by atoms with van der Waals surface area (Å²) in [5, 5.41) is 6.36. The van der Waals surface area contributed by atoms with Gasteiger partial charge in [-0.3, -0.25) is 4.79 Å². The van der Waals surface area contributed by atoms with E-state index in [0.29, 0.717) is 18.2 Å². The van der Waals surface area contributed by atoms with E-state index in [1.54, 1.807) is 24.8 Å². The Hall–Kier alpha value is -1.95. The highest BCUT2D eigenvalue weighted by molar-refractivity contribution is 8.00. The third-order valence-electron chi connectivity index (χ3n) is 3.37. The molecule has 1 heterocycles. The van der Waals surface area contributed by atoms with Crippen LogP contribution in [0.1, 0.15) is 30.2 Å². The molecule has 0 aliphatic heterocycles. The van der Waals surface area contributed by atoms with Gasteiger partial charge in [0.05, 0.1) is 11.9 Å². The van der Waals surface area contributed by atoms with Crippen molar-refractivity contribution in [1.82, 2.24) is 5.16 Å². The van der Waals surface area contributed by atoms with Crippen LogP contribution in [0.25, 0.3) is 0 Å². The molecule has 24 heavy (non-hydrogen) atoms. The van der Waals surface area contributed by atoms with Crippen molar-refractivity contribution in [3.05, 3.63) is 41.2 Å². The molecule has 0 fully saturated rings. The van der Waals surface area contributed by atoms with Gasteiger partial charge < -0.3 is 14.6 Å². The fourth-order valence-corrected chi connectivity index (χ4v) is 3.10. The lowest BCUT2D eigenvalue weighted by Crippen LogP contribution is -2.23. The Bertz CT molecular complexity index is 664. The summed E-state index contributed by atoms with van der Waals surface area (Å²) in [6, 6.07) is 7.90. The normalized spacial score (nSPS) is 12.0. The van der Waals surface area contributed by atoms with Gasteiger partial charge >= 0.3 is 0 Å². The fourth-order valence-electron chi connectivity index (χ4n) is 2.25. The van der Waals surface area contributed by atoms with Crippen LogP contribution in [-0.2, 0) is 4.79 Å². The number of nitrogens with one attached hydrogen (secondary N) is 1. The van der Waals surface area contributed by atoms with E-state index in [1.165, 1.54) is 11.1 Å². The summed E-state index contributed by atoms with van der Waals surface area (Å²) in [5.74, 6) is 2.84. The van der Waals surface area contributed by atoms with E-state index in [4.69, 9.17) is 9.26 Å². The highest BCUT2D eigenvalue weighted by Gasteiger charge is 2.14. The minimum Gasteiger partial charge on any atom is -0.494 e. The Morgan fingerprint density at radius 3 is 2.58 bits per heavy atom. The molecule has 0 bridgehead atoms. The number of aromatic nitrogens is 1. The first-order chi connectivity index (χ1) is 11.4. The highest BCUT2D eigenvalue weighted by Crippen LogP contribution is 2.18. The lowest BCUT2D eigenvalue weighted by molar-refractivity contribution is -0.115. The lowest BCUT2D eigenvalue weighted by Gasteiger charge is -2.11. The molecule has 5 nitrogen and oxygen atoms in total. The number of aryl methyl sites for hydroxylation is 3. The Kier molecular flexibility index (Phi) is 6.73. The summed E-state index contributed by atoms with van der Waals surface area (Å²) in [5.41, 5.74) is 2.40. The SMILES string of the molecule is Cc1cc(C)cc(OCCCSC(C)C(=O)Nc2cc(C)on2)c1. The molecular weight excluding hydrogens is 324 g/mol. The van der Waals surface area contributed by atoms with Crippen molar-refractivity contribution in [3.63, 3.8) is 0 Å². The molecule has 0 saturated heterocycles. The number of nitrogens with zero attached hydrogens (tertiary/aromatic N) is 1. The Balaban J connectivity index is 1.65. The van der Waals surface area contributed by atoms with E-state index < -0.39 is 0 Å². The Morgan fingerprint density at radius 1 is 1.25 bits per heavy atom. The van der Waals surface area contributed by atoms with Crippen molar-refractivity contribution in [2.75, 3.05) is 17.7 Å². The standard InChI is InChI=1S/C18H24N2O3S/c1-12-8-13(2)10-16(9-12)22-6-5-7-24-15(4)18(21)19-17-11-14(3)23-20-17/h8-11,15H,5-7H2,1-4H3,(H,19,20,21). The Labute approximate surface area is 147 Å². The van der Waals surface area contributed by atoms with Crippen molar-refractivity contribution >= 4 is 23.5 Å². The predicted molar refractivity (Wildman–Crippen MR) is 97.8 cm³/mol. The third-order valence-corrected chi connectivity index (χ3v) is 4.61. The van der Waals surface area contributed by atoms with Crippen molar-refractivity contribution in [3.8, 4) is 5.75 Å². The minimum atomic E-state index is -0.150. The summed E-state index contributed by atoms with van der Waals surface area (Å²) < 4.78 is 10.7. The maximum Gasteiger partial charge on any atom is 0.238 e. The van der Waals surface area contributed by atoms with Gasteiger partial charge in [-0.2, -0.15) is 0 Å². The van der Waals surface area contributed by atoms with E-state index in [9.17, 15) is 4.79 Å². The molecule has 1 N–H and O–H groups in total. The molecule has 2 aromatic rings. The van der Waals surface area contributed by atoms with Gasteiger partial charge in [0.2, 0.25) is 5.91 Å². The Morgan fingerprint density at radius 2 is 1.96 bits per heavy atom. The number of carbonyl (C=O) groups excluding carboxylic acids is 1. The van der Waals surface area contributed by atoms with Gasteiger partial charge in [-0.15, -0.1) is 11.8 Å². The zero-order valence-electron chi connectivity index (χ0n) is 14.6. The molecule has 130 valence electrons. The monoisotopic (exact) mass is 348 g/mol. The number of hydrogen-bond donors (Lipinski definition) is 1. The smallest absolute Gasteiger partial charge is 0.238 e. The number of carbonyl (C=O) groups is 1. The van der Waals surface area contributed by atoms with E-state index in [-0.39, 0.29) is 11.2 Å². The average Bonchev–Trinajstić information content (AvgIpc) is 2.90. The topological polar surface area (TPSA) is 64.4 Å². The maximum absolute atomic E-state index is 12.0. The van der Waals surface area contributed by atoms with Gasteiger partial charge in [-0.1, -0.05) is 11.2 Å². The number of amides is 1. The summed E-state index contributed by atoms with van der Waals surface area (Å²) in [6.45, 7) is 8.44. The number of ether oxygens (including phenoxy) is 1. The van der Waals surface area contributed by atoms with Gasteiger partial charge in [0.15, 0.2) is 5.82 Å². The molecule has 1 aromatic carbocycles. The van der Waals surface area contributed by atoms with E-state index in [1.807, 2.05) is 19.1 Å². The van der Waals surface area contributed by atoms with Crippen LogP contribution >= 0.6 is 11.8 Å². The molecule has 2 rings (SSSR count). The van der Waals surface area contributed by atoms with Crippen LogP contribution in [0.15, 0.2) is 28.8 Å². The second-order valence-electron chi connectivity index (χ2n) is 5.85. The molecule has 0 aliphatic carbocycles. The maximum atomic E-state index is 12.0. The van der Waals surface area contributed by atoms with Crippen molar-refractivity contribution in [1.29, 1.82) is 0 Å². The van der Waals surface area contributed by atoms with Crippen molar-refractivity contribution in [2.45, 2.75) is 39.4 Å². The van der Waals surface area contributed by atoms with Crippen LogP contribution in [0, 0.1) is 20.8 Å². The van der Waals surface area contributed by atoms with Crippen LogP contribution in [0.5, 0.6) is 5.75 Å². The van der Waals surface area contributed by atoms with Crippen molar-refractivity contribution in [2.24, 2.45) is 0 Å². The van der Waals surface area contributed by atoms with Gasteiger partial charge in [0, 0.05) is 6.07 Å². The molecule has 6 heteroatoms. The number of anilines is 1. The van der Waals surface area contributed by atoms with Gasteiger partial charge in [-0.05, 0) is 63.1 Å². The predicted octanol–water partition coefficient (Wildman–Crippen LogP) is 4.13. The zero-order valence-corrected chi connectivity index (χ0v) is 15.4. The third kappa shape index (κ3) is 5.92. The van der Waals surface area contributed by atoms with Gasteiger partial charge in [-0.25, -0.2) is 0 Å². The number of thioether (sulfide) groups is 1. The summed E-state index contributed by atoms with van der Waals surface area (Å²) >= 11 is 1.60. The fraction of sp³-hybridized carbons (Fsp3) is 0.444.